The van der Waals surface area contributed by atoms with Gasteiger partial charge in [0.05, 0.1) is 4.92 Å². The minimum atomic E-state index is -0.466. The molecule has 2 rings (SSSR count). The Morgan fingerprint density at radius 1 is 1.50 bits per heavy atom. The summed E-state index contributed by atoms with van der Waals surface area (Å²) in [6.45, 7) is 0.463. The van der Waals surface area contributed by atoms with Gasteiger partial charge in [-0.3, -0.25) is 14.9 Å². The molecule has 0 atom stereocenters. The van der Waals surface area contributed by atoms with Gasteiger partial charge in [-0.15, -0.1) is 0 Å². The van der Waals surface area contributed by atoms with Crippen molar-refractivity contribution in [1.82, 2.24) is 5.32 Å². The molecule has 1 aliphatic carbocycles. The number of non-ortho nitro benzene ring substituents is 1. The van der Waals surface area contributed by atoms with Gasteiger partial charge >= 0.3 is 0 Å². The van der Waals surface area contributed by atoms with Crippen molar-refractivity contribution in [3.8, 4) is 0 Å². The molecule has 0 spiro atoms. The molecule has 6 nitrogen and oxygen atoms in total. The predicted octanol–water partition coefficient (Wildman–Crippen LogP) is 1.61. The van der Waals surface area contributed by atoms with E-state index in [4.69, 9.17) is 5.73 Å². The molecule has 0 saturated heterocycles. The molecule has 1 aromatic rings. The summed E-state index contributed by atoms with van der Waals surface area (Å²) in [4.78, 5) is 21.8. The molecular formula is C14H17N3O3. The molecule has 20 heavy (non-hydrogen) atoms. The van der Waals surface area contributed by atoms with E-state index in [1.807, 2.05) is 0 Å². The number of carbonyl (C=O) groups excluding carboxylic acids is 1. The molecule has 1 aliphatic rings. The highest BCUT2D eigenvalue weighted by molar-refractivity contribution is 5.91. The largest absolute Gasteiger partial charge is 0.351 e. The topological polar surface area (TPSA) is 98.3 Å². The van der Waals surface area contributed by atoms with E-state index in [9.17, 15) is 14.9 Å². The molecule has 0 aromatic heterocycles. The van der Waals surface area contributed by atoms with Gasteiger partial charge in [0.1, 0.15) is 0 Å². The van der Waals surface area contributed by atoms with Crippen LogP contribution >= 0.6 is 0 Å². The van der Waals surface area contributed by atoms with Crippen LogP contribution in [-0.2, 0) is 4.79 Å². The number of rotatable bonds is 5. The van der Waals surface area contributed by atoms with Gasteiger partial charge in [-0.2, -0.15) is 0 Å². The van der Waals surface area contributed by atoms with Crippen LogP contribution in [0.3, 0.4) is 0 Å². The second-order valence-corrected chi connectivity index (χ2v) is 5.12. The minimum Gasteiger partial charge on any atom is -0.351 e. The number of carbonyl (C=O) groups is 1. The van der Waals surface area contributed by atoms with Gasteiger partial charge in [0.15, 0.2) is 0 Å². The lowest BCUT2D eigenvalue weighted by molar-refractivity contribution is -0.384. The number of nitrogens with two attached hydrogens (primary N) is 1. The maximum absolute atomic E-state index is 11.6. The van der Waals surface area contributed by atoms with Crippen molar-refractivity contribution < 1.29 is 9.72 Å². The van der Waals surface area contributed by atoms with Crippen LogP contribution < -0.4 is 11.1 Å². The molecule has 1 fully saturated rings. The lowest BCUT2D eigenvalue weighted by atomic mass is 9.78. The van der Waals surface area contributed by atoms with Crippen molar-refractivity contribution in [2.24, 2.45) is 5.73 Å². The Labute approximate surface area is 116 Å². The zero-order chi connectivity index (χ0) is 14.6. The Hall–Kier alpha value is -2.21. The first-order chi connectivity index (χ1) is 9.48. The van der Waals surface area contributed by atoms with Crippen LogP contribution in [0.25, 0.3) is 6.08 Å². The zero-order valence-corrected chi connectivity index (χ0v) is 11.0. The van der Waals surface area contributed by atoms with Crippen molar-refractivity contribution in [2.45, 2.75) is 24.8 Å². The minimum absolute atomic E-state index is 0.00272. The maximum atomic E-state index is 11.6. The smallest absolute Gasteiger partial charge is 0.270 e. The first-order valence-corrected chi connectivity index (χ1v) is 6.48. The summed E-state index contributed by atoms with van der Waals surface area (Å²) in [5, 5.41) is 13.4. The molecule has 0 bridgehead atoms. The Kier molecular flexibility index (Phi) is 4.14. The highest BCUT2D eigenvalue weighted by atomic mass is 16.6. The lowest BCUT2D eigenvalue weighted by Gasteiger charge is -2.37. The molecule has 3 N–H and O–H groups in total. The normalized spacial score (nSPS) is 16.6. The van der Waals surface area contributed by atoms with Crippen LogP contribution in [0, 0.1) is 10.1 Å². The fraction of sp³-hybridized carbons (Fsp3) is 0.357. The van der Waals surface area contributed by atoms with Gasteiger partial charge < -0.3 is 11.1 Å². The SMILES string of the molecule is NC1(CNC(=O)/C=C/c2cccc([N+](=O)[O-])c2)CCC1. The lowest BCUT2D eigenvalue weighted by Crippen LogP contribution is -2.54. The van der Waals surface area contributed by atoms with E-state index in [0.29, 0.717) is 12.1 Å². The summed E-state index contributed by atoms with van der Waals surface area (Å²) in [6, 6.07) is 6.11. The van der Waals surface area contributed by atoms with Gasteiger partial charge in [0, 0.05) is 30.3 Å². The van der Waals surface area contributed by atoms with Crippen LogP contribution in [-0.4, -0.2) is 22.9 Å². The standard InChI is InChI=1S/C14H17N3O3/c15-14(7-2-8-14)10-16-13(18)6-5-11-3-1-4-12(9-11)17(19)20/h1,3-6,9H,2,7-8,10,15H2,(H,16,18)/b6-5+. The summed E-state index contributed by atoms with van der Waals surface area (Å²) >= 11 is 0. The van der Waals surface area contributed by atoms with Crippen molar-refractivity contribution in [2.75, 3.05) is 6.54 Å². The third-order valence-electron chi connectivity index (χ3n) is 3.47. The zero-order valence-electron chi connectivity index (χ0n) is 11.0. The third-order valence-corrected chi connectivity index (χ3v) is 3.47. The summed E-state index contributed by atoms with van der Waals surface area (Å²) < 4.78 is 0. The second kappa shape index (κ2) is 5.83. The van der Waals surface area contributed by atoms with E-state index in [1.54, 1.807) is 18.2 Å². The van der Waals surface area contributed by atoms with Crippen molar-refractivity contribution in [1.29, 1.82) is 0 Å². The first-order valence-electron chi connectivity index (χ1n) is 6.48. The molecule has 1 saturated carbocycles. The van der Waals surface area contributed by atoms with Crippen molar-refractivity contribution in [3.05, 3.63) is 46.0 Å². The summed E-state index contributed by atoms with van der Waals surface area (Å²) in [7, 11) is 0. The average Bonchev–Trinajstić information content (AvgIpc) is 2.41. The molecular weight excluding hydrogens is 258 g/mol. The number of nitrogens with one attached hydrogen (secondary N) is 1. The fourth-order valence-electron chi connectivity index (χ4n) is 2.04. The monoisotopic (exact) mass is 275 g/mol. The Morgan fingerprint density at radius 3 is 2.85 bits per heavy atom. The van der Waals surface area contributed by atoms with Crippen molar-refractivity contribution in [3.63, 3.8) is 0 Å². The van der Waals surface area contributed by atoms with E-state index in [2.05, 4.69) is 5.32 Å². The van der Waals surface area contributed by atoms with E-state index < -0.39 is 4.92 Å². The molecule has 106 valence electrons. The van der Waals surface area contributed by atoms with E-state index in [0.717, 1.165) is 19.3 Å². The summed E-state index contributed by atoms with van der Waals surface area (Å²) in [5.74, 6) is -0.242. The van der Waals surface area contributed by atoms with Gasteiger partial charge in [-0.05, 0) is 30.9 Å². The van der Waals surface area contributed by atoms with Crippen LogP contribution in [0.1, 0.15) is 24.8 Å². The Balaban J connectivity index is 1.89. The average molecular weight is 275 g/mol. The molecule has 0 aliphatic heterocycles. The molecule has 6 heteroatoms. The number of nitro benzene ring substituents is 1. The van der Waals surface area contributed by atoms with Crippen LogP contribution in [0.2, 0.25) is 0 Å². The van der Waals surface area contributed by atoms with Crippen LogP contribution in [0.15, 0.2) is 30.3 Å². The molecule has 0 heterocycles. The van der Waals surface area contributed by atoms with Crippen molar-refractivity contribution >= 4 is 17.7 Å². The summed E-state index contributed by atoms with van der Waals surface area (Å²) in [6.07, 6.45) is 5.88. The number of hydrogen-bond donors (Lipinski definition) is 2. The highest BCUT2D eigenvalue weighted by Crippen LogP contribution is 2.27. The maximum Gasteiger partial charge on any atom is 0.270 e. The quantitative estimate of drug-likeness (QED) is 0.484. The number of nitrogens with zero attached hydrogens (tertiary/aromatic N) is 1. The summed E-state index contributed by atoms with van der Waals surface area (Å²) in [5.41, 5.74) is 6.36. The Bertz CT molecular complexity index is 550. The van der Waals surface area contributed by atoms with E-state index in [1.165, 1.54) is 18.2 Å². The first kappa shape index (κ1) is 14.2. The van der Waals surface area contributed by atoms with Crippen LogP contribution in [0.4, 0.5) is 5.69 Å². The van der Waals surface area contributed by atoms with Gasteiger partial charge in [-0.25, -0.2) is 0 Å². The molecule has 0 unspecified atom stereocenters. The third kappa shape index (κ3) is 3.64. The number of hydrogen-bond acceptors (Lipinski definition) is 4. The highest BCUT2D eigenvalue weighted by Gasteiger charge is 2.32. The second-order valence-electron chi connectivity index (χ2n) is 5.12. The van der Waals surface area contributed by atoms with Crippen LogP contribution in [0.5, 0.6) is 0 Å². The Morgan fingerprint density at radius 2 is 2.25 bits per heavy atom. The number of nitro groups is 1. The van der Waals surface area contributed by atoms with E-state index >= 15 is 0 Å². The number of amides is 1. The van der Waals surface area contributed by atoms with Gasteiger partial charge in [-0.1, -0.05) is 12.1 Å². The molecule has 0 radical (unpaired) electrons. The van der Waals surface area contributed by atoms with E-state index in [-0.39, 0.29) is 17.1 Å². The van der Waals surface area contributed by atoms with Gasteiger partial charge in [0.2, 0.25) is 5.91 Å². The fourth-order valence-corrected chi connectivity index (χ4v) is 2.04. The number of benzene rings is 1. The molecule has 1 amide bonds. The molecule has 1 aromatic carbocycles. The van der Waals surface area contributed by atoms with Gasteiger partial charge in [0.25, 0.3) is 5.69 Å². The predicted molar refractivity (Wildman–Crippen MR) is 75.9 cm³/mol.